The highest BCUT2D eigenvalue weighted by Gasteiger charge is 2.29. The van der Waals surface area contributed by atoms with Gasteiger partial charge in [0.2, 0.25) is 0 Å². The number of anilines is 1. The Balaban J connectivity index is 2.18. The maximum absolute atomic E-state index is 9.77. The highest BCUT2D eigenvalue weighted by Crippen LogP contribution is 2.48. The minimum absolute atomic E-state index is 0.136. The number of para-hydroxylation sites is 1. The molecule has 130 valence electrons. The molecule has 27 heavy (non-hydrogen) atoms. The van der Waals surface area contributed by atoms with Gasteiger partial charge in [-0.1, -0.05) is 47.5 Å². The molecule has 3 aromatic rings. The van der Waals surface area contributed by atoms with Crippen molar-refractivity contribution >= 4 is 28.9 Å². The van der Waals surface area contributed by atoms with Crippen LogP contribution in [0.1, 0.15) is 16.7 Å². The number of rotatable bonds is 1. The van der Waals surface area contributed by atoms with Crippen LogP contribution in [-0.2, 0) is 6.61 Å². The molecule has 0 aromatic heterocycles. The number of hydrogen-bond donors (Lipinski definition) is 1. The molecule has 0 saturated carbocycles. The van der Waals surface area contributed by atoms with Gasteiger partial charge in [0, 0.05) is 37.9 Å². The standard InChI is InChI=1S/C21H11Cl2N3O/c22-11-5-6-12(17(23)7-11)19-14(8-24)21(26)15(9-25)20-13-3-1-2-4-18(13)27-10-16(19)20/h1-7H,10,26H2. The van der Waals surface area contributed by atoms with Gasteiger partial charge < -0.3 is 10.5 Å². The third-order valence-electron chi connectivity index (χ3n) is 4.59. The van der Waals surface area contributed by atoms with Gasteiger partial charge in [-0.2, -0.15) is 10.5 Å². The lowest BCUT2D eigenvalue weighted by Crippen LogP contribution is -2.12. The number of nitrogens with zero attached hydrogens (tertiary/aromatic N) is 2. The van der Waals surface area contributed by atoms with Gasteiger partial charge in [0.15, 0.2) is 0 Å². The Kier molecular flexibility index (Phi) is 4.16. The third kappa shape index (κ3) is 2.59. The molecule has 3 aromatic carbocycles. The van der Waals surface area contributed by atoms with Gasteiger partial charge in [0.25, 0.3) is 0 Å². The molecule has 0 fully saturated rings. The maximum Gasteiger partial charge on any atom is 0.127 e. The molecule has 0 aliphatic carbocycles. The summed E-state index contributed by atoms with van der Waals surface area (Å²) >= 11 is 12.4. The van der Waals surface area contributed by atoms with E-state index in [1.165, 1.54) is 0 Å². The van der Waals surface area contributed by atoms with Crippen LogP contribution in [0.15, 0.2) is 42.5 Å². The van der Waals surface area contributed by atoms with Crippen LogP contribution < -0.4 is 10.5 Å². The first-order valence-corrected chi connectivity index (χ1v) is 8.78. The van der Waals surface area contributed by atoms with E-state index in [2.05, 4.69) is 12.1 Å². The number of halogens is 2. The van der Waals surface area contributed by atoms with Crippen LogP contribution in [0.5, 0.6) is 5.75 Å². The summed E-state index contributed by atoms with van der Waals surface area (Å²) < 4.78 is 5.89. The molecule has 4 rings (SSSR count). The number of benzene rings is 3. The Morgan fingerprint density at radius 2 is 1.59 bits per heavy atom. The quantitative estimate of drug-likeness (QED) is 0.551. The van der Waals surface area contributed by atoms with Crippen LogP contribution in [0.4, 0.5) is 5.69 Å². The first-order chi connectivity index (χ1) is 13.1. The Hall–Kier alpha value is -3.18. The number of nitriles is 2. The van der Waals surface area contributed by atoms with Crippen molar-refractivity contribution in [3.63, 3.8) is 0 Å². The minimum atomic E-state index is 0.136. The molecule has 0 saturated heterocycles. The van der Waals surface area contributed by atoms with Gasteiger partial charge >= 0.3 is 0 Å². The van der Waals surface area contributed by atoms with Gasteiger partial charge in [-0.25, -0.2) is 0 Å². The minimum Gasteiger partial charge on any atom is -0.488 e. The fraction of sp³-hybridized carbons (Fsp3) is 0.0476. The van der Waals surface area contributed by atoms with Gasteiger partial charge in [-0.05, 0) is 18.2 Å². The van der Waals surface area contributed by atoms with Gasteiger partial charge in [-0.15, -0.1) is 0 Å². The molecule has 0 unspecified atom stereocenters. The number of ether oxygens (including phenoxy) is 1. The molecule has 1 heterocycles. The summed E-state index contributed by atoms with van der Waals surface area (Å²) in [6.07, 6.45) is 0. The Bertz CT molecular complexity index is 1190. The molecule has 1 aliphatic heterocycles. The number of hydrogen-bond acceptors (Lipinski definition) is 4. The summed E-state index contributed by atoms with van der Waals surface area (Å²) in [5.74, 6) is 0.666. The zero-order valence-corrected chi connectivity index (χ0v) is 15.4. The van der Waals surface area contributed by atoms with Crippen LogP contribution in [0.2, 0.25) is 10.0 Å². The predicted molar refractivity (Wildman–Crippen MR) is 106 cm³/mol. The smallest absolute Gasteiger partial charge is 0.127 e. The van der Waals surface area contributed by atoms with Crippen LogP contribution in [-0.4, -0.2) is 0 Å². The van der Waals surface area contributed by atoms with Crippen molar-refractivity contribution in [1.82, 2.24) is 0 Å². The van der Waals surface area contributed by atoms with Crippen molar-refractivity contribution < 1.29 is 4.74 Å². The van der Waals surface area contributed by atoms with E-state index >= 15 is 0 Å². The summed E-state index contributed by atoms with van der Waals surface area (Å²) in [6.45, 7) is 0.199. The van der Waals surface area contributed by atoms with Crippen molar-refractivity contribution in [2.75, 3.05) is 5.73 Å². The summed E-state index contributed by atoms with van der Waals surface area (Å²) in [5.41, 5.74) is 10.2. The second-order valence-electron chi connectivity index (χ2n) is 6.02. The molecule has 0 radical (unpaired) electrons. The topological polar surface area (TPSA) is 82.8 Å². The first-order valence-electron chi connectivity index (χ1n) is 8.03. The molecule has 0 amide bonds. The van der Waals surface area contributed by atoms with Crippen LogP contribution in [0, 0.1) is 22.7 Å². The van der Waals surface area contributed by atoms with Crippen molar-refractivity contribution in [2.45, 2.75) is 6.61 Å². The van der Waals surface area contributed by atoms with E-state index in [4.69, 9.17) is 33.7 Å². The number of nitrogens with two attached hydrogens (primary N) is 1. The van der Waals surface area contributed by atoms with Gasteiger partial charge in [0.1, 0.15) is 24.5 Å². The van der Waals surface area contributed by atoms with E-state index in [1.807, 2.05) is 24.3 Å². The van der Waals surface area contributed by atoms with Crippen molar-refractivity contribution in [3.05, 3.63) is 69.2 Å². The van der Waals surface area contributed by atoms with Crippen LogP contribution in [0.25, 0.3) is 22.3 Å². The van der Waals surface area contributed by atoms with Gasteiger partial charge in [-0.3, -0.25) is 0 Å². The second kappa shape index (κ2) is 6.52. The Morgan fingerprint density at radius 3 is 2.26 bits per heavy atom. The molecule has 2 N–H and O–H groups in total. The van der Waals surface area contributed by atoms with E-state index in [-0.39, 0.29) is 23.4 Å². The lowest BCUT2D eigenvalue weighted by atomic mass is 9.83. The zero-order chi connectivity index (χ0) is 19.1. The van der Waals surface area contributed by atoms with E-state index in [0.717, 1.165) is 5.56 Å². The lowest BCUT2D eigenvalue weighted by molar-refractivity contribution is 0.303. The highest BCUT2D eigenvalue weighted by atomic mass is 35.5. The molecular formula is C21H11Cl2N3O. The van der Waals surface area contributed by atoms with E-state index in [1.54, 1.807) is 18.2 Å². The summed E-state index contributed by atoms with van der Waals surface area (Å²) in [5, 5.41) is 20.4. The maximum atomic E-state index is 9.77. The predicted octanol–water partition coefficient (Wildman–Crippen LogP) is 5.55. The average molecular weight is 392 g/mol. The molecule has 4 nitrogen and oxygen atoms in total. The molecule has 0 atom stereocenters. The van der Waals surface area contributed by atoms with Crippen molar-refractivity contribution in [1.29, 1.82) is 10.5 Å². The lowest BCUT2D eigenvalue weighted by Gasteiger charge is -2.26. The molecule has 0 bridgehead atoms. The van der Waals surface area contributed by atoms with Crippen LogP contribution in [0.3, 0.4) is 0 Å². The van der Waals surface area contributed by atoms with E-state index in [9.17, 15) is 10.5 Å². The fourth-order valence-electron chi connectivity index (χ4n) is 3.43. The van der Waals surface area contributed by atoms with Crippen LogP contribution >= 0.6 is 23.2 Å². The first kappa shape index (κ1) is 17.2. The average Bonchev–Trinajstić information content (AvgIpc) is 2.67. The second-order valence-corrected chi connectivity index (χ2v) is 6.87. The Labute approximate surface area is 165 Å². The molecular weight excluding hydrogens is 381 g/mol. The van der Waals surface area contributed by atoms with E-state index in [0.29, 0.717) is 38.0 Å². The Morgan fingerprint density at radius 1 is 0.926 bits per heavy atom. The molecule has 1 aliphatic rings. The number of nitrogen functional groups attached to an aromatic ring is 1. The van der Waals surface area contributed by atoms with E-state index < -0.39 is 0 Å². The third-order valence-corrected chi connectivity index (χ3v) is 5.14. The summed E-state index contributed by atoms with van der Waals surface area (Å²) in [7, 11) is 0. The summed E-state index contributed by atoms with van der Waals surface area (Å²) in [6, 6.07) is 16.8. The largest absolute Gasteiger partial charge is 0.488 e. The summed E-state index contributed by atoms with van der Waals surface area (Å²) in [4.78, 5) is 0. The van der Waals surface area contributed by atoms with Gasteiger partial charge in [0.05, 0.1) is 16.8 Å². The molecule has 6 heteroatoms. The normalized spacial score (nSPS) is 11.6. The fourth-order valence-corrected chi connectivity index (χ4v) is 3.94. The van der Waals surface area contributed by atoms with Crippen molar-refractivity contribution in [2.24, 2.45) is 0 Å². The monoisotopic (exact) mass is 391 g/mol. The zero-order valence-electron chi connectivity index (χ0n) is 13.9. The number of fused-ring (bicyclic) bond motifs is 3. The highest BCUT2D eigenvalue weighted by molar-refractivity contribution is 6.36. The molecule has 0 spiro atoms. The van der Waals surface area contributed by atoms with Crippen molar-refractivity contribution in [3.8, 4) is 40.1 Å². The SMILES string of the molecule is N#Cc1c(N)c(C#N)c2c(c1-c1ccc(Cl)cc1Cl)COc1ccccc1-2.